The Morgan fingerprint density at radius 1 is 1.12 bits per heavy atom. The first-order chi connectivity index (χ1) is 11.6. The van der Waals surface area contributed by atoms with Gasteiger partial charge in [-0.3, -0.25) is 0 Å². The van der Waals surface area contributed by atoms with Gasteiger partial charge in [0.2, 0.25) is 16.0 Å². The number of nitrogens with zero attached hydrogens (tertiary/aromatic N) is 4. The molecule has 3 rings (SSSR count). The number of nitrogens with one attached hydrogen (secondary N) is 2. The summed E-state index contributed by atoms with van der Waals surface area (Å²) in [4.78, 5) is 0. The third-order valence-corrected chi connectivity index (χ3v) is 6.56. The number of hydrogen-bond donors (Lipinski definition) is 2. The van der Waals surface area contributed by atoms with Gasteiger partial charge in [-0.1, -0.05) is 23.3 Å². The highest BCUT2D eigenvalue weighted by atomic mass is 79.9. The van der Waals surface area contributed by atoms with Crippen LogP contribution in [0, 0.1) is 0 Å². The van der Waals surface area contributed by atoms with Crippen molar-refractivity contribution in [2.24, 2.45) is 0 Å². The van der Waals surface area contributed by atoms with Gasteiger partial charge in [0.25, 0.3) is 0 Å². The van der Waals surface area contributed by atoms with E-state index in [1.165, 1.54) is 0 Å². The minimum absolute atomic E-state index is 0.208. The predicted molar refractivity (Wildman–Crippen MR) is 94.9 cm³/mol. The molecule has 0 saturated carbocycles. The zero-order valence-corrected chi connectivity index (χ0v) is 15.5. The van der Waals surface area contributed by atoms with Gasteiger partial charge in [-0.25, -0.2) is 13.1 Å². The third-order valence-electron chi connectivity index (χ3n) is 2.98. The molecule has 0 amide bonds. The molecule has 0 aliphatic rings. The molecule has 0 fully saturated rings. The molecule has 0 saturated heterocycles. The number of para-hydroxylation sites is 1. The summed E-state index contributed by atoms with van der Waals surface area (Å²) in [6.07, 6.45) is 0. The molecule has 0 aliphatic carbocycles. The lowest BCUT2D eigenvalue weighted by Crippen LogP contribution is -2.28. The van der Waals surface area contributed by atoms with E-state index in [0.29, 0.717) is 12.5 Å². The van der Waals surface area contributed by atoms with E-state index < -0.39 is 10.0 Å². The molecule has 126 valence electrons. The second-order valence-corrected chi connectivity index (χ2v) is 9.09. The van der Waals surface area contributed by atoms with E-state index in [9.17, 15) is 8.42 Å². The van der Waals surface area contributed by atoms with E-state index in [0.717, 1.165) is 20.8 Å². The van der Waals surface area contributed by atoms with E-state index >= 15 is 0 Å². The monoisotopic (exact) mass is 428 g/mol. The van der Waals surface area contributed by atoms with Crippen LogP contribution in [0.3, 0.4) is 0 Å². The lowest BCUT2D eigenvalue weighted by molar-refractivity contribution is 0.585. The number of anilines is 1. The molecule has 0 unspecified atom stereocenters. The Balaban J connectivity index is 1.57. The van der Waals surface area contributed by atoms with Crippen LogP contribution in [-0.2, 0) is 10.0 Å². The summed E-state index contributed by atoms with van der Waals surface area (Å²) in [5.74, 6) is 0.444. The van der Waals surface area contributed by atoms with Crippen LogP contribution in [0.2, 0.25) is 0 Å². The third kappa shape index (κ3) is 3.98. The lowest BCUT2D eigenvalue weighted by Gasteiger charge is -2.08. The summed E-state index contributed by atoms with van der Waals surface area (Å²) in [6, 6.07) is 12.7. The van der Waals surface area contributed by atoms with Crippen LogP contribution in [0.1, 0.15) is 0 Å². The second kappa shape index (κ2) is 7.38. The van der Waals surface area contributed by atoms with Crippen molar-refractivity contribution in [1.29, 1.82) is 0 Å². The average molecular weight is 429 g/mol. The summed E-state index contributed by atoms with van der Waals surface area (Å²) >= 11 is 4.41. The minimum atomic E-state index is -3.50. The van der Waals surface area contributed by atoms with E-state index in [1.54, 1.807) is 16.8 Å². The first kappa shape index (κ1) is 17.0. The molecular formula is C13H13BrN6O2S2. The van der Waals surface area contributed by atoms with Crippen molar-refractivity contribution in [1.82, 2.24) is 24.9 Å². The Hall–Kier alpha value is -1.82. The molecule has 8 nitrogen and oxygen atoms in total. The number of benzene rings is 1. The number of thiophene rings is 1. The van der Waals surface area contributed by atoms with E-state index in [-0.39, 0.29) is 10.8 Å². The van der Waals surface area contributed by atoms with Crippen molar-refractivity contribution in [3.8, 4) is 5.69 Å². The normalized spacial score (nSPS) is 11.5. The fraction of sp³-hybridized carbons (Fsp3) is 0.154. The molecular weight excluding hydrogens is 416 g/mol. The molecule has 11 heteroatoms. The van der Waals surface area contributed by atoms with E-state index in [4.69, 9.17) is 0 Å². The Bertz CT molecular complexity index is 909. The van der Waals surface area contributed by atoms with Crippen LogP contribution in [0.4, 0.5) is 5.95 Å². The number of hydrogen-bond acceptors (Lipinski definition) is 7. The number of aromatic nitrogens is 4. The quantitative estimate of drug-likeness (QED) is 0.556. The Labute approximate surface area is 151 Å². The van der Waals surface area contributed by atoms with Gasteiger partial charge in [-0.05, 0) is 50.6 Å². The summed E-state index contributed by atoms with van der Waals surface area (Å²) in [6.45, 7) is 0.554. The maximum Gasteiger partial charge on any atom is 0.250 e. The van der Waals surface area contributed by atoms with Gasteiger partial charge in [0.15, 0.2) is 0 Å². The Kier molecular flexibility index (Phi) is 5.23. The van der Waals surface area contributed by atoms with Gasteiger partial charge in [0.05, 0.1) is 9.47 Å². The number of sulfonamides is 1. The van der Waals surface area contributed by atoms with Gasteiger partial charge in [0.1, 0.15) is 4.21 Å². The Morgan fingerprint density at radius 2 is 1.92 bits per heavy atom. The summed E-state index contributed by atoms with van der Waals surface area (Å²) < 4.78 is 29.3. The maximum absolute atomic E-state index is 12.1. The zero-order chi connectivity index (χ0) is 17.0. The summed E-state index contributed by atoms with van der Waals surface area (Å²) in [5.41, 5.74) is 0.814. The van der Waals surface area contributed by atoms with Gasteiger partial charge in [0, 0.05) is 13.1 Å². The average Bonchev–Trinajstić information content (AvgIpc) is 3.22. The summed E-state index contributed by atoms with van der Waals surface area (Å²) in [5, 5.41) is 14.5. The molecule has 1 aromatic carbocycles. The van der Waals surface area contributed by atoms with Crippen molar-refractivity contribution < 1.29 is 8.42 Å². The van der Waals surface area contributed by atoms with Gasteiger partial charge >= 0.3 is 0 Å². The molecule has 0 atom stereocenters. The Morgan fingerprint density at radius 3 is 2.62 bits per heavy atom. The van der Waals surface area contributed by atoms with E-state index in [2.05, 4.69) is 41.5 Å². The highest BCUT2D eigenvalue weighted by Gasteiger charge is 2.16. The number of halogens is 1. The van der Waals surface area contributed by atoms with Crippen LogP contribution in [0.5, 0.6) is 0 Å². The van der Waals surface area contributed by atoms with E-state index in [1.807, 2.05) is 30.3 Å². The fourth-order valence-corrected chi connectivity index (χ4v) is 5.00. The van der Waals surface area contributed by atoms with Crippen LogP contribution in [0.25, 0.3) is 5.69 Å². The first-order valence-electron chi connectivity index (χ1n) is 6.89. The van der Waals surface area contributed by atoms with Crippen LogP contribution in [0.15, 0.2) is 50.5 Å². The number of tetrazole rings is 1. The van der Waals surface area contributed by atoms with Crippen LogP contribution in [-0.4, -0.2) is 41.7 Å². The second-order valence-electron chi connectivity index (χ2n) is 4.63. The minimum Gasteiger partial charge on any atom is -0.351 e. The van der Waals surface area contributed by atoms with Crippen LogP contribution < -0.4 is 10.0 Å². The van der Waals surface area contributed by atoms with Crippen molar-refractivity contribution in [2.75, 3.05) is 18.4 Å². The van der Waals surface area contributed by atoms with Crippen molar-refractivity contribution in [3.63, 3.8) is 0 Å². The largest absolute Gasteiger partial charge is 0.351 e. The van der Waals surface area contributed by atoms with Gasteiger partial charge in [-0.15, -0.1) is 11.3 Å². The topological polar surface area (TPSA) is 102 Å². The highest BCUT2D eigenvalue weighted by Crippen LogP contribution is 2.25. The molecule has 2 aromatic heterocycles. The number of rotatable bonds is 7. The fourth-order valence-electron chi connectivity index (χ4n) is 1.91. The molecule has 3 aromatic rings. The molecule has 2 heterocycles. The smallest absolute Gasteiger partial charge is 0.250 e. The van der Waals surface area contributed by atoms with Crippen molar-refractivity contribution in [3.05, 3.63) is 46.3 Å². The lowest BCUT2D eigenvalue weighted by atomic mass is 10.3. The van der Waals surface area contributed by atoms with Crippen molar-refractivity contribution >= 4 is 43.2 Å². The molecule has 0 bridgehead atoms. The standard InChI is InChI=1S/C13H13BrN6O2S2/c14-11-6-7-12(23-11)24(21,22)16-9-8-15-13-17-18-19-20(13)10-4-2-1-3-5-10/h1-7,16H,8-9H2,(H,15,17,19). The van der Waals surface area contributed by atoms with Gasteiger partial charge < -0.3 is 5.32 Å². The molecule has 2 N–H and O–H groups in total. The predicted octanol–water partition coefficient (Wildman–Crippen LogP) is 1.88. The van der Waals surface area contributed by atoms with Gasteiger partial charge in [-0.2, -0.15) is 4.68 Å². The van der Waals surface area contributed by atoms with Crippen molar-refractivity contribution in [2.45, 2.75) is 4.21 Å². The molecule has 24 heavy (non-hydrogen) atoms. The molecule has 0 spiro atoms. The SMILES string of the molecule is O=S(=O)(NCCNc1nnnn1-c1ccccc1)c1ccc(Br)s1. The maximum atomic E-state index is 12.1. The van der Waals surface area contributed by atoms with Crippen LogP contribution >= 0.6 is 27.3 Å². The molecule has 0 radical (unpaired) electrons. The summed E-state index contributed by atoms with van der Waals surface area (Å²) in [7, 11) is -3.50. The molecule has 0 aliphatic heterocycles. The zero-order valence-electron chi connectivity index (χ0n) is 12.3. The highest BCUT2D eigenvalue weighted by molar-refractivity contribution is 9.11. The first-order valence-corrected chi connectivity index (χ1v) is 9.98.